The predicted molar refractivity (Wildman–Crippen MR) is 140 cm³/mol. The molecule has 3 aromatic carbocycles. The van der Waals surface area contributed by atoms with Gasteiger partial charge in [-0.1, -0.05) is 17.7 Å². The van der Waals surface area contributed by atoms with Crippen LogP contribution < -0.4 is 20.2 Å². The largest absolute Gasteiger partial charge is 0.490 e. The number of carbonyl (C=O) groups excluding carboxylic acids is 1. The first-order valence-corrected chi connectivity index (χ1v) is 11.4. The lowest BCUT2D eigenvalue weighted by molar-refractivity contribution is -0.384. The summed E-state index contributed by atoms with van der Waals surface area (Å²) in [5.41, 5.74) is 6.01. The van der Waals surface area contributed by atoms with E-state index in [0.29, 0.717) is 29.5 Å². The van der Waals surface area contributed by atoms with Crippen molar-refractivity contribution in [2.24, 2.45) is 5.10 Å². The molecule has 0 radical (unpaired) electrons. The molecule has 0 unspecified atom stereocenters. The van der Waals surface area contributed by atoms with Gasteiger partial charge in [-0.05, 0) is 78.4 Å². The lowest BCUT2D eigenvalue weighted by Crippen LogP contribution is -2.20. The van der Waals surface area contributed by atoms with Crippen molar-refractivity contribution in [1.82, 2.24) is 0 Å². The fourth-order valence-electron chi connectivity index (χ4n) is 2.88. The highest BCUT2D eigenvalue weighted by Gasteiger charge is 2.14. The Labute approximate surface area is 210 Å². The monoisotopic (exact) mass is 574 g/mol. The molecule has 10 heteroatoms. The number of halogens is 1. The second-order valence-corrected chi connectivity index (χ2v) is 8.30. The van der Waals surface area contributed by atoms with Gasteiger partial charge in [0.1, 0.15) is 0 Å². The number of nitro groups is 1. The van der Waals surface area contributed by atoms with Crippen LogP contribution in [-0.4, -0.2) is 30.3 Å². The van der Waals surface area contributed by atoms with Crippen LogP contribution in [0.5, 0.6) is 11.5 Å². The minimum absolute atomic E-state index is 0.00794. The number of anilines is 2. The fourth-order valence-corrected chi connectivity index (χ4v) is 3.66. The highest BCUT2D eigenvalue weighted by Crippen LogP contribution is 2.34. The van der Waals surface area contributed by atoms with Gasteiger partial charge in [0.15, 0.2) is 18.1 Å². The summed E-state index contributed by atoms with van der Waals surface area (Å²) in [5, 5.41) is 17.7. The molecule has 0 aliphatic heterocycles. The van der Waals surface area contributed by atoms with Gasteiger partial charge in [0.05, 0.1) is 27.0 Å². The normalized spacial score (nSPS) is 10.7. The zero-order valence-electron chi connectivity index (χ0n) is 18.6. The number of carbonyl (C=O) groups is 1. The number of rotatable bonds is 10. The molecule has 0 aromatic heterocycles. The molecule has 3 rings (SSSR count). The van der Waals surface area contributed by atoms with Crippen LogP contribution in [0.15, 0.2) is 65.8 Å². The summed E-state index contributed by atoms with van der Waals surface area (Å²) in [7, 11) is 0. The number of hydrogen-bond acceptors (Lipinski definition) is 7. The van der Waals surface area contributed by atoms with E-state index in [9.17, 15) is 14.9 Å². The van der Waals surface area contributed by atoms with Crippen LogP contribution in [0, 0.1) is 20.6 Å². The summed E-state index contributed by atoms with van der Waals surface area (Å²) >= 11 is 2.12. The van der Waals surface area contributed by atoms with E-state index in [-0.39, 0.29) is 18.2 Å². The summed E-state index contributed by atoms with van der Waals surface area (Å²) in [5.74, 6) is 0.691. The van der Waals surface area contributed by atoms with Gasteiger partial charge in [-0.2, -0.15) is 5.10 Å². The number of aryl methyl sites for hydroxylation is 1. The van der Waals surface area contributed by atoms with Gasteiger partial charge in [0.2, 0.25) is 0 Å². The molecular weight excluding hydrogens is 551 g/mol. The minimum Gasteiger partial charge on any atom is -0.490 e. The molecule has 0 heterocycles. The summed E-state index contributed by atoms with van der Waals surface area (Å²) in [6, 6.07) is 17.1. The van der Waals surface area contributed by atoms with Crippen molar-refractivity contribution in [3.8, 4) is 11.5 Å². The molecule has 0 aliphatic rings. The van der Waals surface area contributed by atoms with E-state index in [4.69, 9.17) is 9.47 Å². The Kier molecular flexibility index (Phi) is 8.79. The number of nitrogens with zero attached hydrogens (tertiary/aromatic N) is 2. The number of non-ortho nitro benzene ring substituents is 1. The maximum Gasteiger partial charge on any atom is 0.269 e. The van der Waals surface area contributed by atoms with E-state index in [1.807, 2.05) is 44.2 Å². The van der Waals surface area contributed by atoms with Crippen LogP contribution in [-0.2, 0) is 4.79 Å². The van der Waals surface area contributed by atoms with Crippen LogP contribution in [0.25, 0.3) is 0 Å². The standard InChI is InChI=1S/C24H23IN4O5/c1-3-33-22-13-17(14-26-28-19-8-10-20(11-9-19)29(31)32)12-21(25)24(22)34-15-23(30)27-18-6-4-16(2)5-7-18/h4-14,28H,3,15H2,1-2H3,(H,27,30)/b26-14+. The van der Waals surface area contributed by atoms with Crippen molar-refractivity contribution < 1.29 is 19.2 Å². The van der Waals surface area contributed by atoms with E-state index < -0.39 is 4.92 Å². The average Bonchev–Trinajstić information content (AvgIpc) is 2.80. The number of amides is 1. The third-order valence-corrected chi connectivity index (χ3v) is 5.30. The molecule has 0 bridgehead atoms. The van der Waals surface area contributed by atoms with Gasteiger partial charge in [-0.3, -0.25) is 20.3 Å². The molecule has 0 saturated carbocycles. The molecule has 0 aliphatic carbocycles. The maximum atomic E-state index is 12.3. The Morgan fingerprint density at radius 1 is 1.09 bits per heavy atom. The first-order valence-electron chi connectivity index (χ1n) is 10.3. The second-order valence-electron chi connectivity index (χ2n) is 7.14. The molecule has 9 nitrogen and oxygen atoms in total. The number of ether oxygens (including phenoxy) is 2. The van der Waals surface area contributed by atoms with Crippen LogP contribution in [0.4, 0.5) is 17.1 Å². The van der Waals surface area contributed by atoms with E-state index >= 15 is 0 Å². The Bertz CT molecular complexity index is 1180. The second kappa shape index (κ2) is 12.0. The number of hydrazone groups is 1. The Hall–Kier alpha value is -3.67. The molecule has 3 aromatic rings. The zero-order valence-corrected chi connectivity index (χ0v) is 20.7. The van der Waals surface area contributed by atoms with Gasteiger partial charge < -0.3 is 14.8 Å². The molecular formula is C24H23IN4O5. The topological polar surface area (TPSA) is 115 Å². The van der Waals surface area contributed by atoms with Crippen LogP contribution >= 0.6 is 22.6 Å². The predicted octanol–water partition coefficient (Wildman–Crippen LogP) is 5.37. The van der Waals surface area contributed by atoms with Crippen LogP contribution in [0.2, 0.25) is 0 Å². The molecule has 34 heavy (non-hydrogen) atoms. The molecule has 176 valence electrons. The van der Waals surface area contributed by atoms with E-state index in [1.54, 1.807) is 24.4 Å². The van der Waals surface area contributed by atoms with Crippen LogP contribution in [0.1, 0.15) is 18.1 Å². The maximum absolute atomic E-state index is 12.3. The van der Waals surface area contributed by atoms with Crippen molar-refractivity contribution in [1.29, 1.82) is 0 Å². The van der Waals surface area contributed by atoms with Crippen molar-refractivity contribution >= 4 is 51.8 Å². The highest BCUT2D eigenvalue weighted by atomic mass is 127. The molecule has 1 amide bonds. The zero-order chi connectivity index (χ0) is 24.5. The number of hydrogen-bond donors (Lipinski definition) is 2. The van der Waals surface area contributed by atoms with Gasteiger partial charge in [0, 0.05) is 17.8 Å². The summed E-state index contributed by atoms with van der Waals surface area (Å²) in [4.78, 5) is 22.6. The van der Waals surface area contributed by atoms with Gasteiger partial charge >= 0.3 is 0 Å². The minimum atomic E-state index is -0.458. The summed E-state index contributed by atoms with van der Waals surface area (Å²) in [6.07, 6.45) is 1.60. The van der Waals surface area contributed by atoms with Gasteiger partial charge in [-0.15, -0.1) is 0 Å². The third kappa shape index (κ3) is 7.17. The van der Waals surface area contributed by atoms with Crippen molar-refractivity contribution in [3.63, 3.8) is 0 Å². The van der Waals surface area contributed by atoms with Crippen molar-refractivity contribution in [2.45, 2.75) is 13.8 Å². The lowest BCUT2D eigenvalue weighted by Gasteiger charge is -2.14. The summed E-state index contributed by atoms with van der Waals surface area (Å²) in [6.45, 7) is 4.09. The van der Waals surface area contributed by atoms with E-state index in [0.717, 1.165) is 14.7 Å². The number of benzene rings is 3. The number of nitrogens with one attached hydrogen (secondary N) is 2. The Morgan fingerprint density at radius 3 is 2.41 bits per heavy atom. The average molecular weight is 574 g/mol. The first kappa shape index (κ1) is 25.0. The summed E-state index contributed by atoms with van der Waals surface area (Å²) < 4.78 is 12.2. The third-order valence-electron chi connectivity index (χ3n) is 4.50. The van der Waals surface area contributed by atoms with E-state index in [1.165, 1.54) is 12.1 Å². The molecule has 0 saturated heterocycles. The smallest absolute Gasteiger partial charge is 0.269 e. The SMILES string of the molecule is CCOc1cc(/C=N/Nc2ccc([N+](=O)[O-])cc2)cc(I)c1OCC(=O)Nc1ccc(C)cc1. The van der Waals surface area contributed by atoms with Crippen molar-refractivity contribution in [2.75, 3.05) is 24.0 Å². The molecule has 2 N–H and O–H groups in total. The van der Waals surface area contributed by atoms with Gasteiger partial charge in [0.25, 0.3) is 11.6 Å². The quantitative estimate of drug-likeness (QED) is 0.146. The number of nitro benzene ring substituents is 1. The first-order chi connectivity index (χ1) is 16.4. The Balaban J connectivity index is 1.65. The lowest BCUT2D eigenvalue weighted by atomic mass is 10.2. The molecule has 0 spiro atoms. The van der Waals surface area contributed by atoms with Crippen molar-refractivity contribution in [3.05, 3.63) is 85.5 Å². The van der Waals surface area contributed by atoms with Crippen LogP contribution in [0.3, 0.4) is 0 Å². The van der Waals surface area contributed by atoms with Gasteiger partial charge in [-0.25, -0.2) is 0 Å². The fraction of sp³-hybridized carbons (Fsp3) is 0.167. The molecule has 0 fully saturated rings. The Morgan fingerprint density at radius 2 is 1.76 bits per heavy atom. The van der Waals surface area contributed by atoms with E-state index in [2.05, 4.69) is 38.4 Å². The molecule has 0 atom stereocenters. The highest BCUT2D eigenvalue weighted by molar-refractivity contribution is 14.1.